The van der Waals surface area contributed by atoms with Crippen LogP contribution in [0.2, 0.25) is 0 Å². The van der Waals surface area contributed by atoms with Crippen LogP contribution in [0.5, 0.6) is 0 Å². The Hall–Kier alpha value is -3.22. The molecule has 0 unspecified atom stereocenters. The summed E-state index contributed by atoms with van der Waals surface area (Å²) in [4.78, 5) is 36.9. The fourth-order valence-electron chi connectivity index (χ4n) is 4.32. The molecule has 1 aromatic heterocycles. The third-order valence-electron chi connectivity index (χ3n) is 6.14. The molecular weight excluding hydrogens is 385 g/mol. The van der Waals surface area contributed by atoms with Crippen molar-refractivity contribution in [1.29, 1.82) is 0 Å². The van der Waals surface area contributed by atoms with E-state index in [1.165, 1.54) is 12.1 Å². The summed E-state index contributed by atoms with van der Waals surface area (Å²) < 4.78 is 15.6. The largest absolute Gasteiger partial charge is 0.349 e. The van der Waals surface area contributed by atoms with Crippen molar-refractivity contribution in [3.05, 3.63) is 52.1 Å². The quantitative estimate of drug-likeness (QED) is 0.762. The molecule has 0 spiro atoms. The number of halogens is 1. The minimum absolute atomic E-state index is 0.00790. The normalized spacial score (nSPS) is 17.9. The number of carbonyl (C=O) groups excluding carboxylic acids is 3. The number of Topliss-reactive ketones (excluding diaryl/α,β-unsaturated/α-hetero) is 1. The van der Waals surface area contributed by atoms with E-state index in [2.05, 4.69) is 10.6 Å². The Bertz CT molecular complexity index is 1100. The molecule has 2 N–H and O–H groups in total. The molecule has 1 fully saturated rings. The van der Waals surface area contributed by atoms with Gasteiger partial charge in [0.15, 0.2) is 0 Å². The highest BCUT2D eigenvalue weighted by Gasteiger charge is 2.28. The summed E-state index contributed by atoms with van der Waals surface area (Å²) in [5, 5.41) is 5.80. The number of hydrogen-bond acceptors (Lipinski definition) is 3. The van der Waals surface area contributed by atoms with E-state index in [-0.39, 0.29) is 23.6 Å². The molecule has 0 bridgehead atoms. The second kappa shape index (κ2) is 7.55. The summed E-state index contributed by atoms with van der Waals surface area (Å²) >= 11 is 0. The molecule has 30 heavy (non-hydrogen) atoms. The maximum atomic E-state index is 13.7. The molecule has 1 aromatic carbocycles. The lowest BCUT2D eigenvalue weighted by Crippen LogP contribution is -2.38. The third kappa shape index (κ3) is 3.44. The van der Waals surface area contributed by atoms with Crippen molar-refractivity contribution in [2.75, 3.05) is 5.32 Å². The van der Waals surface area contributed by atoms with Crippen LogP contribution in [0.4, 0.5) is 10.1 Å². The van der Waals surface area contributed by atoms with Gasteiger partial charge in [0.1, 0.15) is 11.6 Å². The van der Waals surface area contributed by atoms with Crippen molar-refractivity contribution < 1.29 is 18.8 Å². The van der Waals surface area contributed by atoms with Gasteiger partial charge in [0.05, 0.1) is 11.1 Å². The first-order valence-electron chi connectivity index (χ1n) is 10.1. The monoisotopic (exact) mass is 409 g/mol. The number of amides is 2. The van der Waals surface area contributed by atoms with Gasteiger partial charge in [-0.05, 0) is 56.5 Å². The van der Waals surface area contributed by atoms with Crippen LogP contribution in [-0.4, -0.2) is 28.2 Å². The highest BCUT2D eigenvalue weighted by Crippen LogP contribution is 2.35. The van der Waals surface area contributed by atoms with Crippen molar-refractivity contribution >= 4 is 34.9 Å². The number of benzene rings is 1. The Balaban J connectivity index is 1.68. The summed E-state index contributed by atoms with van der Waals surface area (Å²) in [6.07, 6.45) is 4.03. The molecule has 0 atom stereocenters. The molecule has 1 aliphatic heterocycles. The van der Waals surface area contributed by atoms with E-state index < -0.39 is 5.82 Å². The summed E-state index contributed by atoms with van der Waals surface area (Å²) in [5.74, 6) is -0.645. The average Bonchev–Trinajstić information content (AvgIpc) is 3.12. The van der Waals surface area contributed by atoms with Crippen LogP contribution in [-0.2, 0) is 16.6 Å². The minimum atomic E-state index is -0.415. The van der Waals surface area contributed by atoms with Crippen molar-refractivity contribution in [3.63, 3.8) is 0 Å². The van der Waals surface area contributed by atoms with Crippen LogP contribution in [0.3, 0.4) is 0 Å². The van der Waals surface area contributed by atoms with Crippen molar-refractivity contribution in [3.8, 4) is 0 Å². The zero-order valence-corrected chi connectivity index (χ0v) is 17.3. The maximum Gasteiger partial charge on any atom is 0.256 e. The fraction of sp³-hybridized carbons (Fsp3) is 0.348. The Morgan fingerprint density at radius 2 is 1.93 bits per heavy atom. The second-order valence-electron chi connectivity index (χ2n) is 8.02. The molecule has 1 saturated carbocycles. The van der Waals surface area contributed by atoms with Crippen molar-refractivity contribution in [1.82, 2.24) is 9.88 Å². The van der Waals surface area contributed by atoms with Crippen LogP contribution in [0.1, 0.15) is 58.6 Å². The number of nitrogens with one attached hydrogen (secondary N) is 2. The van der Waals surface area contributed by atoms with E-state index in [0.29, 0.717) is 48.1 Å². The molecule has 4 rings (SSSR count). The van der Waals surface area contributed by atoms with Crippen LogP contribution >= 0.6 is 0 Å². The predicted molar refractivity (Wildman–Crippen MR) is 113 cm³/mol. The highest BCUT2D eigenvalue weighted by atomic mass is 19.1. The van der Waals surface area contributed by atoms with E-state index in [0.717, 1.165) is 17.0 Å². The van der Waals surface area contributed by atoms with Crippen LogP contribution in [0.15, 0.2) is 18.2 Å². The van der Waals surface area contributed by atoms with Gasteiger partial charge in [0.2, 0.25) is 0 Å². The Labute approximate surface area is 174 Å². The number of hydrogen-bond donors (Lipinski definition) is 2. The Kier molecular flexibility index (Phi) is 5.05. The summed E-state index contributed by atoms with van der Waals surface area (Å²) in [7, 11) is 1.84. The van der Waals surface area contributed by atoms with Crippen molar-refractivity contribution in [2.45, 2.75) is 45.6 Å². The van der Waals surface area contributed by atoms with Gasteiger partial charge in [0, 0.05) is 48.6 Å². The molecule has 2 amide bonds. The fourth-order valence-corrected chi connectivity index (χ4v) is 4.32. The molecular formula is C23H24FN3O3. The predicted octanol–water partition coefficient (Wildman–Crippen LogP) is 3.52. The third-order valence-corrected chi connectivity index (χ3v) is 6.14. The number of fused-ring (bicyclic) bond motifs is 1. The number of carbonyl (C=O) groups is 3. The molecule has 7 heteroatoms. The Morgan fingerprint density at radius 3 is 2.63 bits per heavy atom. The number of anilines is 1. The van der Waals surface area contributed by atoms with Gasteiger partial charge >= 0.3 is 0 Å². The molecule has 2 heterocycles. The van der Waals surface area contributed by atoms with Gasteiger partial charge in [0.25, 0.3) is 11.8 Å². The number of rotatable bonds is 3. The first kappa shape index (κ1) is 20.1. The molecule has 0 radical (unpaired) electrons. The molecule has 156 valence electrons. The lowest BCUT2D eigenvalue weighted by molar-refractivity contribution is -0.120. The number of nitrogens with zero attached hydrogens (tertiary/aromatic N) is 1. The summed E-state index contributed by atoms with van der Waals surface area (Å²) in [6.45, 7) is 3.70. The summed E-state index contributed by atoms with van der Waals surface area (Å²) in [5.41, 5.74) is 4.27. The zero-order valence-electron chi connectivity index (χ0n) is 17.3. The standard InChI is InChI=1S/C23H24FN3O3/c1-12-20(11-18-17-10-14(24)4-9-19(17)26-22(18)29)27(3)13(2)21(12)23(30)25-15-5-7-16(28)8-6-15/h4,9-11,15H,5-8H2,1-3H3,(H,25,30)(H,26,29)/b18-11-. The lowest BCUT2D eigenvalue weighted by atomic mass is 9.94. The SMILES string of the molecule is Cc1c(C(=O)NC2CCC(=O)CC2)c(C)n(C)c1/C=C1\C(=O)Nc2ccc(F)cc21. The lowest BCUT2D eigenvalue weighted by Gasteiger charge is -2.22. The molecule has 2 aliphatic rings. The second-order valence-corrected chi connectivity index (χ2v) is 8.02. The van der Waals surface area contributed by atoms with Crippen LogP contribution < -0.4 is 10.6 Å². The van der Waals surface area contributed by atoms with Gasteiger partial charge in [-0.2, -0.15) is 0 Å². The van der Waals surface area contributed by atoms with Crippen LogP contribution in [0, 0.1) is 19.7 Å². The van der Waals surface area contributed by atoms with Gasteiger partial charge in [-0.25, -0.2) is 4.39 Å². The first-order valence-corrected chi connectivity index (χ1v) is 10.1. The van der Waals surface area contributed by atoms with Crippen molar-refractivity contribution in [2.24, 2.45) is 7.05 Å². The highest BCUT2D eigenvalue weighted by molar-refractivity contribution is 6.35. The molecule has 6 nitrogen and oxygen atoms in total. The van der Waals surface area contributed by atoms with E-state index in [1.54, 1.807) is 12.1 Å². The number of ketones is 1. The van der Waals surface area contributed by atoms with Crippen LogP contribution in [0.25, 0.3) is 11.6 Å². The minimum Gasteiger partial charge on any atom is -0.349 e. The molecule has 2 aromatic rings. The topological polar surface area (TPSA) is 80.2 Å². The van der Waals surface area contributed by atoms with Gasteiger partial charge in [-0.1, -0.05) is 0 Å². The molecule has 1 aliphatic carbocycles. The van der Waals surface area contributed by atoms with Gasteiger partial charge in [-0.15, -0.1) is 0 Å². The van der Waals surface area contributed by atoms with E-state index in [4.69, 9.17) is 0 Å². The summed E-state index contributed by atoms with van der Waals surface area (Å²) in [6, 6.07) is 4.18. The van der Waals surface area contributed by atoms with E-state index in [1.807, 2.05) is 25.5 Å². The molecule has 0 saturated heterocycles. The maximum absolute atomic E-state index is 13.7. The zero-order chi connectivity index (χ0) is 21.6. The van der Waals surface area contributed by atoms with E-state index >= 15 is 0 Å². The first-order chi connectivity index (χ1) is 14.3. The Morgan fingerprint density at radius 1 is 1.23 bits per heavy atom. The smallest absolute Gasteiger partial charge is 0.256 e. The number of aromatic nitrogens is 1. The van der Waals surface area contributed by atoms with Gasteiger partial charge in [-0.3, -0.25) is 14.4 Å². The van der Waals surface area contributed by atoms with E-state index in [9.17, 15) is 18.8 Å². The average molecular weight is 409 g/mol. The van der Waals surface area contributed by atoms with Gasteiger partial charge < -0.3 is 15.2 Å².